The number of fused-ring (bicyclic) bond motifs is 1. The van der Waals surface area contributed by atoms with Gasteiger partial charge in [-0.15, -0.1) is 0 Å². The van der Waals surface area contributed by atoms with Crippen molar-refractivity contribution < 1.29 is 14.4 Å². The summed E-state index contributed by atoms with van der Waals surface area (Å²) in [5.74, 6) is 0.427. The third kappa shape index (κ3) is 2.09. The van der Waals surface area contributed by atoms with Crippen LogP contribution in [0.5, 0.6) is 5.75 Å². The summed E-state index contributed by atoms with van der Waals surface area (Å²) in [6, 6.07) is 12.2. The van der Waals surface area contributed by atoms with Gasteiger partial charge < -0.3 is 14.9 Å². The number of benzene rings is 2. The summed E-state index contributed by atoms with van der Waals surface area (Å²) >= 11 is 0. The average molecular weight is 268 g/mol. The van der Waals surface area contributed by atoms with E-state index in [0.29, 0.717) is 17.0 Å². The first-order chi connectivity index (χ1) is 9.65. The summed E-state index contributed by atoms with van der Waals surface area (Å²) in [5.41, 5.74) is 0.226. The summed E-state index contributed by atoms with van der Waals surface area (Å²) in [6.07, 6.45) is 0. The number of nitrogens with one attached hydrogen (secondary N) is 1. The molecule has 0 spiro atoms. The van der Waals surface area contributed by atoms with Gasteiger partial charge >= 0.3 is 0 Å². The number of nitrogens with zero attached hydrogens (tertiary/aromatic N) is 1. The Kier molecular flexibility index (Phi) is 2.87. The number of phenolic OH excluding ortho intramolecular Hbond substituents is 1. The predicted octanol–water partition coefficient (Wildman–Crippen LogP) is 3.09. The zero-order valence-electron chi connectivity index (χ0n) is 10.8. The quantitative estimate of drug-likeness (QED) is 0.748. The van der Waals surface area contributed by atoms with E-state index < -0.39 is 5.91 Å². The molecule has 2 N–H and O–H groups in total. The molecule has 0 aliphatic heterocycles. The van der Waals surface area contributed by atoms with Gasteiger partial charge in [-0.2, -0.15) is 0 Å². The minimum absolute atomic E-state index is 0.0681. The lowest BCUT2D eigenvalue weighted by Gasteiger charge is -2.08. The van der Waals surface area contributed by atoms with E-state index in [-0.39, 0.29) is 11.3 Å². The lowest BCUT2D eigenvalue weighted by Crippen LogP contribution is -2.12. The van der Waals surface area contributed by atoms with E-state index in [2.05, 4.69) is 10.5 Å². The Balaban J connectivity index is 2.04. The van der Waals surface area contributed by atoms with Crippen LogP contribution >= 0.6 is 0 Å². The van der Waals surface area contributed by atoms with Crippen molar-refractivity contribution in [3.63, 3.8) is 0 Å². The molecule has 0 aliphatic carbocycles. The van der Waals surface area contributed by atoms with Crippen LogP contribution in [0.15, 0.2) is 47.0 Å². The number of carbonyl (C=O) groups excluding carboxylic acids is 1. The number of aromatic hydroxyl groups is 1. The summed E-state index contributed by atoms with van der Waals surface area (Å²) in [4.78, 5) is 12.3. The molecule has 5 nitrogen and oxygen atoms in total. The average Bonchev–Trinajstić information content (AvgIpc) is 2.83. The minimum Gasteiger partial charge on any atom is -0.507 e. The number of aromatic nitrogens is 1. The van der Waals surface area contributed by atoms with Crippen LogP contribution < -0.4 is 5.32 Å². The molecule has 3 aromatic rings. The van der Waals surface area contributed by atoms with Crippen LogP contribution in [0.4, 0.5) is 5.82 Å². The van der Waals surface area contributed by atoms with Crippen molar-refractivity contribution in [2.45, 2.75) is 6.92 Å². The van der Waals surface area contributed by atoms with Crippen molar-refractivity contribution in [3.05, 3.63) is 53.8 Å². The Labute approximate surface area is 114 Å². The predicted molar refractivity (Wildman–Crippen MR) is 74.8 cm³/mol. The Morgan fingerprint density at radius 3 is 2.80 bits per heavy atom. The van der Waals surface area contributed by atoms with E-state index in [1.165, 1.54) is 6.07 Å². The van der Waals surface area contributed by atoms with Gasteiger partial charge in [0.15, 0.2) is 5.82 Å². The summed E-state index contributed by atoms with van der Waals surface area (Å²) in [5, 5.41) is 17.8. The van der Waals surface area contributed by atoms with Crippen molar-refractivity contribution in [3.8, 4) is 5.75 Å². The molecule has 0 saturated heterocycles. The lowest BCUT2D eigenvalue weighted by atomic mass is 10.0. The van der Waals surface area contributed by atoms with E-state index in [1.54, 1.807) is 25.1 Å². The van der Waals surface area contributed by atoms with E-state index in [1.807, 2.05) is 18.2 Å². The van der Waals surface area contributed by atoms with Gasteiger partial charge in [-0.25, -0.2) is 0 Å². The lowest BCUT2D eigenvalue weighted by molar-refractivity contribution is 0.102. The van der Waals surface area contributed by atoms with E-state index in [4.69, 9.17) is 4.52 Å². The number of aryl methyl sites for hydroxylation is 1. The van der Waals surface area contributed by atoms with Gasteiger partial charge in [0.2, 0.25) is 0 Å². The van der Waals surface area contributed by atoms with Crippen LogP contribution in [0.3, 0.4) is 0 Å². The number of hydrogen-bond donors (Lipinski definition) is 2. The smallest absolute Gasteiger partial charge is 0.261 e. The molecule has 100 valence electrons. The number of rotatable bonds is 2. The van der Waals surface area contributed by atoms with Gasteiger partial charge in [-0.05, 0) is 23.8 Å². The van der Waals surface area contributed by atoms with Crippen LogP contribution in [-0.4, -0.2) is 16.2 Å². The molecule has 0 atom stereocenters. The summed E-state index contributed by atoms with van der Waals surface area (Å²) in [7, 11) is 0. The van der Waals surface area contributed by atoms with Crippen molar-refractivity contribution in [2.24, 2.45) is 0 Å². The first-order valence-corrected chi connectivity index (χ1v) is 6.10. The first-order valence-electron chi connectivity index (χ1n) is 6.10. The third-order valence-electron chi connectivity index (χ3n) is 3.00. The number of hydrogen-bond acceptors (Lipinski definition) is 4. The normalized spacial score (nSPS) is 10.7. The standard InChI is InChI=1S/C15H12N2O3/c1-9-8-13(17-20-9)16-15(19)14-11-5-3-2-4-10(11)6-7-12(14)18/h2-8,18H,1H3,(H,16,17,19). The fourth-order valence-corrected chi connectivity index (χ4v) is 2.10. The van der Waals surface area contributed by atoms with Crippen molar-refractivity contribution in [2.75, 3.05) is 5.32 Å². The zero-order valence-corrected chi connectivity index (χ0v) is 10.8. The van der Waals surface area contributed by atoms with Gasteiger partial charge in [0.05, 0.1) is 5.56 Å². The molecule has 0 fully saturated rings. The monoisotopic (exact) mass is 268 g/mol. The number of phenols is 1. The van der Waals surface area contributed by atoms with E-state index in [9.17, 15) is 9.90 Å². The second-order valence-corrected chi connectivity index (χ2v) is 4.46. The molecule has 0 bridgehead atoms. The van der Waals surface area contributed by atoms with Crippen molar-refractivity contribution in [1.82, 2.24) is 5.16 Å². The molecule has 1 heterocycles. The number of anilines is 1. The highest BCUT2D eigenvalue weighted by Crippen LogP contribution is 2.27. The van der Waals surface area contributed by atoms with Crippen LogP contribution in [0.2, 0.25) is 0 Å². The van der Waals surface area contributed by atoms with Crippen molar-refractivity contribution in [1.29, 1.82) is 0 Å². The maximum Gasteiger partial charge on any atom is 0.261 e. The molecule has 0 aliphatic rings. The highest BCUT2D eigenvalue weighted by Gasteiger charge is 2.16. The second-order valence-electron chi connectivity index (χ2n) is 4.46. The Morgan fingerprint density at radius 1 is 1.25 bits per heavy atom. The van der Waals surface area contributed by atoms with Crippen LogP contribution in [0.1, 0.15) is 16.1 Å². The Hall–Kier alpha value is -2.82. The molecule has 2 aromatic carbocycles. The molecule has 1 aromatic heterocycles. The molecule has 20 heavy (non-hydrogen) atoms. The van der Waals surface area contributed by atoms with E-state index in [0.717, 1.165) is 5.39 Å². The number of carbonyl (C=O) groups is 1. The largest absolute Gasteiger partial charge is 0.507 e. The summed E-state index contributed by atoms with van der Waals surface area (Å²) < 4.78 is 4.89. The maximum atomic E-state index is 12.3. The fourth-order valence-electron chi connectivity index (χ4n) is 2.10. The molecule has 3 rings (SSSR count). The van der Waals surface area contributed by atoms with Gasteiger partial charge in [-0.1, -0.05) is 35.5 Å². The zero-order chi connectivity index (χ0) is 14.1. The number of amides is 1. The fraction of sp³-hybridized carbons (Fsp3) is 0.0667. The van der Waals surface area contributed by atoms with Crippen LogP contribution in [0, 0.1) is 6.92 Å². The Morgan fingerprint density at radius 2 is 2.05 bits per heavy atom. The van der Waals surface area contributed by atoms with Crippen LogP contribution in [-0.2, 0) is 0 Å². The second kappa shape index (κ2) is 4.70. The highest BCUT2D eigenvalue weighted by atomic mass is 16.5. The maximum absolute atomic E-state index is 12.3. The SMILES string of the molecule is Cc1cc(NC(=O)c2c(O)ccc3ccccc23)no1. The van der Waals surface area contributed by atoms with Gasteiger partial charge in [0.1, 0.15) is 11.5 Å². The van der Waals surface area contributed by atoms with Gasteiger partial charge in [0.25, 0.3) is 5.91 Å². The molecule has 5 heteroatoms. The van der Waals surface area contributed by atoms with Gasteiger partial charge in [0, 0.05) is 6.07 Å². The first kappa shape index (κ1) is 12.2. The minimum atomic E-state index is -0.424. The summed E-state index contributed by atoms with van der Waals surface area (Å²) in [6.45, 7) is 1.73. The van der Waals surface area contributed by atoms with Gasteiger partial charge in [-0.3, -0.25) is 4.79 Å². The van der Waals surface area contributed by atoms with E-state index >= 15 is 0 Å². The molecule has 1 amide bonds. The third-order valence-corrected chi connectivity index (χ3v) is 3.00. The molecule has 0 radical (unpaired) electrons. The molecular formula is C15H12N2O3. The molecule has 0 saturated carbocycles. The van der Waals surface area contributed by atoms with Crippen LogP contribution in [0.25, 0.3) is 10.8 Å². The van der Waals surface area contributed by atoms with Crippen molar-refractivity contribution >= 4 is 22.5 Å². The molecule has 0 unspecified atom stereocenters. The Bertz CT molecular complexity index is 793. The molecular weight excluding hydrogens is 256 g/mol. The highest BCUT2D eigenvalue weighted by molar-refractivity contribution is 6.14. The topological polar surface area (TPSA) is 75.4 Å².